The molecule has 14 heavy (non-hydrogen) atoms. The normalized spacial score (nSPS) is 19.1. The maximum atomic E-state index is 11.1. The summed E-state index contributed by atoms with van der Waals surface area (Å²) in [5.74, 6) is -0.978. The molecule has 0 aromatic carbocycles. The summed E-state index contributed by atoms with van der Waals surface area (Å²) in [6.07, 6.45) is 1.82. The summed E-state index contributed by atoms with van der Waals surface area (Å²) in [4.78, 5) is 22.0. The number of carboxylic acid groups (broad SMARTS) is 1. The lowest BCUT2D eigenvalue weighted by Crippen LogP contribution is -2.48. The molecule has 5 heteroatoms. The fourth-order valence-electron chi connectivity index (χ4n) is 1.73. The summed E-state index contributed by atoms with van der Waals surface area (Å²) in [6.45, 7) is 0. The third-order valence-electron chi connectivity index (χ3n) is 2.61. The quantitative estimate of drug-likeness (QED) is 0.725. The monoisotopic (exact) mass is 194 g/mol. The molecule has 0 atom stereocenters. The molecule has 1 aliphatic rings. The molecule has 2 rings (SSSR count). The number of carbonyl (C=O) groups excluding carboxylic acids is 1. The number of aryl methyl sites for hydroxylation is 1. The Kier molecular flexibility index (Phi) is 1.70. The highest BCUT2D eigenvalue weighted by Gasteiger charge is 2.53. The third kappa shape index (κ3) is 1.05. The highest BCUT2D eigenvalue weighted by Crippen LogP contribution is 2.40. The van der Waals surface area contributed by atoms with Crippen molar-refractivity contribution in [1.82, 2.24) is 9.78 Å². The van der Waals surface area contributed by atoms with Crippen LogP contribution in [0.3, 0.4) is 0 Å². The average molecular weight is 194 g/mol. The molecule has 1 heterocycles. The number of hydrogen-bond acceptors (Lipinski definition) is 3. The van der Waals surface area contributed by atoms with Gasteiger partial charge in [0.1, 0.15) is 11.2 Å². The zero-order valence-electron chi connectivity index (χ0n) is 7.73. The lowest BCUT2D eigenvalue weighted by atomic mass is 9.66. The molecule has 74 valence electrons. The van der Waals surface area contributed by atoms with E-state index in [1.54, 1.807) is 24.0 Å². The van der Waals surface area contributed by atoms with Gasteiger partial charge in [0.15, 0.2) is 0 Å². The van der Waals surface area contributed by atoms with Crippen LogP contribution >= 0.6 is 0 Å². The topological polar surface area (TPSA) is 72.2 Å². The van der Waals surface area contributed by atoms with E-state index in [0.717, 1.165) is 0 Å². The Morgan fingerprint density at radius 3 is 2.64 bits per heavy atom. The first kappa shape index (κ1) is 8.93. The van der Waals surface area contributed by atoms with E-state index in [1.165, 1.54) is 0 Å². The standard InChI is InChI=1S/C9H10N2O3/c1-11-3-2-7(10-11)9(8(13)14)4-6(12)5-9/h2-3H,4-5H2,1H3,(H,13,14). The maximum Gasteiger partial charge on any atom is 0.316 e. The minimum absolute atomic E-state index is 0.0157. The van der Waals surface area contributed by atoms with E-state index in [1.807, 2.05) is 0 Å². The number of nitrogens with zero attached hydrogens (tertiary/aromatic N) is 2. The van der Waals surface area contributed by atoms with Gasteiger partial charge in [-0.25, -0.2) is 0 Å². The number of Topliss-reactive ketones (excluding diaryl/α,β-unsaturated/α-hetero) is 1. The molecular formula is C9H10N2O3. The summed E-state index contributed by atoms with van der Waals surface area (Å²) in [5, 5.41) is 13.1. The van der Waals surface area contributed by atoms with Gasteiger partial charge in [-0.15, -0.1) is 0 Å². The SMILES string of the molecule is Cn1ccc(C2(C(=O)O)CC(=O)C2)n1. The van der Waals surface area contributed by atoms with E-state index >= 15 is 0 Å². The summed E-state index contributed by atoms with van der Waals surface area (Å²) in [7, 11) is 1.72. The van der Waals surface area contributed by atoms with Crippen molar-refractivity contribution in [2.75, 3.05) is 0 Å². The molecule has 0 amide bonds. The van der Waals surface area contributed by atoms with E-state index in [4.69, 9.17) is 5.11 Å². The molecule has 0 unspecified atom stereocenters. The van der Waals surface area contributed by atoms with Crippen molar-refractivity contribution in [3.05, 3.63) is 18.0 Å². The molecule has 0 spiro atoms. The Bertz CT molecular complexity index is 400. The Balaban J connectivity index is 2.38. The van der Waals surface area contributed by atoms with E-state index in [2.05, 4.69) is 5.10 Å². The van der Waals surface area contributed by atoms with Gasteiger partial charge >= 0.3 is 5.97 Å². The minimum Gasteiger partial charge on any atom is -0.481 e. The predicted molar refractivity (Wildman–Crippen MR) is 46.8 cm³/mol. The van der Waals surface area contributed by atoms with Crippen molar-refractivity contribution in [2.24, 2.45) is 7.05 Å². The summed E-state index contributed by atoms with van der Waals surface area (Å²) >= 11 is 0. The van der Waals surface area contributed by atoms with Crippen molar-refractivity contribution in [1.29, 1.82) is 0 Å². The van der Waals surface area contributed by atoms with Crippen LogP contribution in [0.5, 0.6) is 0 Å². The number of rotatable bonds is 2. The third-order valence-corrected chi connectivity index (χ3v) is 2.61. The molecule has 1 aliphatic carbocycles. The van der Waals surface area contributed by atoms with Crippen molar-refractivity contribution in [2.45, 2.75) is 18.3 Å². The molecule has 0 bridgehead atoms. The summed E-state index contributed by atoms with van der Waals surface area (Å²) in [5.41, 5.74) is -0.578. The number of aliphatic carboxylic acids is 1. The highest BCUT2D eigenvalue weighted by molar-refractivity contribution is 6.01. The first-order chi connectivity index (χ1) is 6.54. The predicted octanol–water partition coefficient (Wildman–Crippen LogP) is 0.105. The van der Waals surface area contributed by atoms with E-state index in [9.17, 15) is 9.59 Å². The number of carbonyl (C=O) groups is 2. The number of ketones is 1. The van der Waals surface area contributed by atoms with Gasteiger partial charge in [0.25, 0.3) is 0 Å². The molecule has 5 nitrogen and oxygen atoms in total. The molecule has 1 fully saturated rings. The van der Waals surface area contributed by atoms with Gasteiger partial charge in [0.05, 0.1) is 5.69 Å². The van der Waals surface area contributed by atoms with Gasteiger partial charge in [-0.2, -0.15) is 5.10 Å². The van der Waals surface area contributed by atoms with Crippen LogP contribution < -0.4 is 0 Å². The molecule has 0 radical (unpaired) electrons. The average Bonchev–Trinajstić information content (AvgIpc) is 2.45. The number of aromatic nitrogens is 2. The Labute approximate surface area is 80.3 Å². The second-order valence-electron chi connectivity index (χ2n) is 3.65. The van der Waals surface area contributed by atoms with E-state index in [0.29, 0.717) is 5.69 Å². The van der Waals surface area contributed by atoms with Crippen LogP contribution in [-0.4, -0.2) is 26.6 Å². The van der Waals surface area contributed by atoms with Crippen molar-refractivity contribution in [3.63, 3.8) is 0 Å². The van der Waals surface area contributed by atoms with Crippen LogP contribution in [0.2, 0.25) is 0 Å². The molecular weight excluding hydrogens is 184 g/mol. The molecule has 0 saturated heterocycles. The van der Waals surface area contributed by atoms with E-state index in [-0.39, 0.29) is 18.6 Å². The van der Waals surface area contributed by atoms with Crippen LogP contribution in [0.15, 0.2) is 12.3 Å². The van der Waals surface area contributed by atoms with Crippen LogP contribution in [-0.2, 0) is 22.1 Å². The second kappa shape index (κ2) is 2.67. The minimum atomic E-state index is -1.06. The maximum absolute atomic E-state index is 11.1. The molecule has 1 N–H and O–H groups in total. The number of carboxylic acids is 1. The van der Waals surface area contributed by atoms with Gasteiger partial charge < -0.3 is 5.11 Å². The molecule has 0 aliphatic heterocycles. The fraction of sp³-hybridized carbons (Fsp3) is 0.444. The van der Waals surface area contributed by atoms with Gasteiger partial charge in [0.2, 0.25) is 0 Å². The van der Waals surface area contributed by atoms with Crippen LogP contribution in [0.25, 0.3) is 0 Å². The Morgan fingerprint density at radius 2 is 2.29 bits per heavy atom. The zero-order chi connectivity index (χ0) is 10.3. The summed E-state index contributed by atoms with van der Waals surface area (Å²) in [6, 6.07) is 1.65. The summed E-state index contributed by atoms with van der Waals surface area (Å²) < 4.78 is 1.54. The Morgan fingerprint density at radius 1 is 1.64 bits per heavy atom. The van der Waals surface area contributed by atoms with Gasteiger partial charge in [0, 0.05) is 26.1 Å². The number of hydrogen-bond donors (Lipinski definition) is 1. The first-order valence-corrected chi connectivity index (χ1v) is 4.30. The van der Waals surface area contributed by atoms with Gasteiger partial charge in [-0.3, -0.25) is 14.3 Å². The van der Waals surface area contributed by atoms with Crippen molar-refractivity contribution in [3.8, 4) is 0 Å². The van der Waals surface area contributed by atoms with Crippen molar-refractivity contribution >= 4 is 11.8 Å². The first-order valence-electron chi connectivity index (χ1n) is 4.30. The molecule has 1 saturated carbocycles. The zero-order valence-corrected chi connectivity index (χ0v) is 7.73. The highest BCUT2D eigenvalue weighted by atomic mass is 16.4. The lowest BCUT2D eigenvalue weighted by Gasteiger charge is -2.34. The van der Waals surface area contributed by atoms with E-state index < -0.39 is 11.4 Å². The van der Waals surface area contributed by atoms with Gasteiger partial charge in [-0.05, 0) is 6.07 Å². The Hall–Kier alpha value is -1.65. The van der Waals surface area contributed by atoms with Crippen LogP contribution in [0, 0.1) is 0 Å². The van der Waals surface area contributed by atoms with Crippen LogP contribution in [0.4, 0.5) is 0 Å². The second-order valence-corrected chi connectivity index (χ2v) is 3.65. The smallest absolute Gasteiger partial charge is 0.316 e. The molecule has 1 aromatic rings. The van der Waals surface area contributed by atoms with Crippen molar-refractivity contribution < 1.29 is 14.7 Å². The molecule has 1 aromatic heterocycles. The largest absolute Gasteiger partial charge is 0.481 e. The van der Waals surface area contributed by atoms with Crippen LogP contribution in [0.1, 0.15) is 18.5 Å². The lowest BCUT2D eigenvalue weighted by molar-refractivity contribution is -0.153. The fourth-order valence-corrected chi connectivity index (χ4v) is 1.73. The van der Waals surface area contributed by atoms with Gasteiger partial charge in [-0.1, -0.05) is 0 Å².